The second-order valence-corrected chi connectivity index (χ2v) is 7.45. The van der Waals surface area contributed by atoms with Gasteiger partial charge in [0.2, 0.25) is 0 Å². The molecule has 0 bridgehead atoms. The average Bonchev–Trinajstić information content (AvgIpc) is 2.92. The van der Waals surface area contributed by atoms with Crippen molar-refractivity contribution in [1.29, 1.82) is 0 Å². The molecular formula is C20H22N2O2S2. The van der Waals surface area contributed by atoms with E-state index in [4.69, 9.17) is 17.0 Å². The van der Waals surface area contributed by atoms with E-state index in [0.29, 0.717) is 22.4 Å². The molecule has 1 fully saturated rings. The Balaban J connectivity index is 1.89. The van der Waals surface area contributed by atoms with Crippen molar-refractivity contribution in [3.63, 3.8) is 0 Å². The number of rotatable bonds is 5. The van der Waals surface area contributed by atoms with Crippen molar-refractivity contribution in [3.8, 4) is 5.75 Å². The van der Waals surface area contributed by atoms with Crippen LogP contribution in [0.5, 0.6) is 5.75 Å². The monoisotopic (exact) mass is 386 g/mol. The number of hydrogen-bond acceptors (Lipinski definition) is 5. The van der Waals surface area contributed by atoms with Crippen molar-refractivity contribution < 1.29 is 9.53 Å². The van der Waals surface area contributed by atoms with Gasteiger partial charge in [0.15, 0.2) is 0 Å². The Kier molecular flexibility index (Phi) is 5.84. The summed E-state index contributed by atoms with van der Waals surface area (Å²) in [5, 5.41) is 0. The molecule has 6 heteroatoms. The number of fused-ring (bicyclic) bond motifs is 1. The zero-order valence-electron chi connectivity index (χ0n) is 15.2. The van der Waals surface area contributed by atoms with Gasteiger partial charge >= 0.3 is 0 Å². The second-order valence-electron chi connectivity index (χ2n) is 5.77. The summed E-state index contributed by atoms with van der Waals surface area (Å²) < 4.78 is 6.22. The first-order chi connectivity index (χ1) is 12.6. The first kappa shape index (κ1) is 18.7. The molecule has 2 heterocycles. The lowest BCUT2D eigenvalue weighted by atomic mass is 10.0. The van der Waals surface area contributed by atoms with Crippen LogP contribution < -0.4 is 9.64 Å². The lowest BCUT2D eigenvalue weighted by molar-refractivity contribution is -0.122. The molecule has 0 unspecified atom stereocenters. The quantitative estimate of drug-likeness (QED) is 0.546. The number of amides is 1. The molecule has 0 aliphatic carbocycles. The summed E-state index contributed by atoms with van der Waals surface area (Å²) in [5.74, 6) is 0.867. The fourth-order valence-electron chi connectivity index (χ4n) is 3.02. The van der Waals surface area contributed by atoms with Crippen LogP contribution in [0, 0.1) is 0 Å². The maximum absolute atomic E-state index is 12.3. The van der Waals surface area contributed by atoms with Crippen molar-refractivity contribution in [3.05, 3.63) is 52.6 Å². The molecule has 0 atom stereocenters. The number of hydrogen-bond donors (Lipinski definition) is 0. The van der Waals surface area contributed by atoms with Crippen LogP contribution in [0.3, 0.4) is 0 Å². The molecular weight excluding hydrogens is 364 g/mol. The molecule has 1 saturated heterocycles. The highest BCUT2D eigenvalue weighted by Gasteiger charge is 2.30. The highest BCUT2D eigenvalue weighted by molar-refractivity contribution is 8.26. The number of benzene rings is 1. The maximum Gasteiger partial charge on any atom is 0.266 e. The smallest absolute Gasteiger partial charge is 0.266 e. The molecule has 2 aliphatic rings. The van der Waals surface area contributed by atoms with E-state index in [1.165, 1.54) is 11.8 Å². The molecule has 0 N–H and O–H groups in total. The topological polar surface area (TPSA) is 32.8 Å². The van der Waals surface area contributed by atoms with Gasteiger partial charge in [0.1, 0.15) is 10.1 Å². The molecule has 0 saturated carbocycles. The van der Waals surface area contributed by atoms with Gasteiger partial charge < -0.3 is 9.64 Å². The Labute approximate surface area is 164 Å². The van der Waals surface area contributed by atoms with E-state index in [2.05, 4.69) is 36.1 Å². The largest absolute Gasteiger partial charge is 0.494 e. The molecule has 1 amide bonds. The fourth-order valence-corrected chi connectivity index (χ4v) is 4.34. The van der Waals surface area contributed by atoms with Gasteiger partial charge in [-0.1, -0.05) is 30.1 Å². The number of thiocarbonyl (C=S) groups is 1. The zero-order valence-corrected chi connectivity index (χ0v) is 16.8. The van der Waals surface area contributed by atoms with Crippen molar-refractivity contribution in [1.82, 2.24) is 4.90 Å². The van der Waals surface area contributed by atoms with Gasteiger partial charge in [-0.15, -0.1) is 0 Å². The van der Waals surface area contributed by atoms with Crippen LogP contribution in [-0.2, 0) is 4.79 Å². The molecule has 0 radical (unpaired) electrons. The summed E-state index contributed by atoms with van der Waals surface area (Å²) in [4.78, 5) is 16.9. The predicted molar refractivity (Wildman–Crippen MR) is 113 cm³/mol. The van der Waals surface area contributed by atoms with Crippen molar-refractivity contribution in [2.75, 3.05) is 24.6 Å². The first-order valence-electron chi connectivity index (χ1n) is 8.77. The van der Waals surface area contributed by atoms with Crippen LogP contribution in [0.4, 0.5) is 5.69 Å². The van der Waals surface area contributed by atoms with Crippen molar-refractivity contribution >= 4 is 46.0 Å². The van der Waals surface area contributed by atoms with E-state index < -0.39 is 0 Å². The van der Waals surface area contributed by atoms with Crippen LogP contribution in [0.25, 0.3) is 6.08 Å². The summed E-state index contributed by atoms with van der Waals surface area (Å²) in [7, 11) is 0. The summed E-state index contributed by atoms with van der Waals surface area (Å²) in [5.41, 5.74) is 3.32. The first-order valence-corrected chi connectivity index (χ1v) is 9.99. The number of carbonyl (C=O) groups is 1. The van der Waals surface area contributed by atoms with Crippen molar-refractivity contribution in [2.24, 2.45) is 0 Å². The maximum atomic E-state index is 12.3. The Morgan fingerprint density at radius 1 is 1.12 bits per heavy atom. The normalized spacial score (nSPS) is 19.7. The third-order valence-electron chi connectivity index (χ3n) is 4.26. The van der Waals surface area contributed by atoms with Crippen LogP contribution >= 0.6 is 24.0 Å². The SMILES string of the molecule is CCOc1ccc2c(c1)C=CC(=CC=C1SC(=S)N(CC)C1=O)N2CC. The number of allylic oxidation sites excluding steroid dienone is 3. The Hall–Kier alpha value is -2.05. The third kappa shape index (κ3) is 3.57. The summed E-state index contributed by atoms with van der Waals surface area (Å²) in [6, 6.07) is 6.13. The highest BCUT2D eigenvalue weighted by atomic mass is 32.2. The molecule has 3 rings (SSSR count). The fraction of sp³-hybridized carbons (Fsp3) is 0.300. The molecule has 1 aromatic rings. The number of thioether (sulfide) groups is 1. The molecule has 26 heavy (non-hydrogen) atoms. The molecule has 1 aromatic carbocycles. The Morgan fingerprint density at radius 2 is 1.88 bits per heavy atom. The average molecular weight is 387 g/mol. The van der Waals surface area contributed by atoms with Gasteiger partial charge in [-0.2, -0.15) is 0 Å². The molecule has 0 aromatic heterocycles. The summed E-state index contributed by atoms with van der Waals surface area (Å²) in [6.45, 7) is 8.12. The minimum absolute atomic E-state index is 0.0102. The molecule has 4 nitrogen and oxygen atoms in total. The number of nitrogens with zero attached hydrogens (tertiary/aromatic N) is 2. The lowest BCUT2D eigenvalue weighted by Crippen LogP contribution is -2.27. The number of anilines is 1. The Bertz CT molecular complexity index is 827. The third-order valence-corrected chi connectivity index (χ3v) is 5.65. The van der Waals surface area contributed by atoms with E-state index in [0.717, 1.165) is 29.2 Å². The molecule has 136 valence electrons. The van der Waals surface area contributed by atoms with Gasteiger partial charge in [0, 0.05) is 30.0 Å². The highest BCUT2D eigenvalue weighted by Crippen LogP contribution is 2.35. The van der Waals surface area contributed by atoms with Gasteiger partial charge in [-0.05, 0) is 57.2 Å². The zero-order chi connectivity index (χ0) is 18.7. The van der Waals surface area contributed by atoms with Gasteiger partial charge in [0.05, 0.1) is 11.5 Å². The van der Waals surface area contributed by atoms with E-state index in [1.54, 1.807) is 4.90 Å². The van der Waals surface area contributed by atoms with Crippen LogP contribution in [0.15, 0.2) is 47.0 Å². The van der Waals surface area contributed by atoms with Crippen LogP contribution in [-0.4, -0.2) is 34.8 Å². The number of ether oxygens (including phenoxy) is 1. The van der Waals surface area contributed by atoms with Crippen LogP contribution in [0.2, 0.25) is 0 Å². The van der Waals surface area contributed by atoms with Crippen LogP contribution in [0.1, 0.15) is 26.3 Å². The minimum atomic E-state index is -0.0102. The van der Waals surface area contributed by atoms with Gasteiger partial charge in [-0.25, -0.2) is 0 Å². The molecule has 2 aliphatic heterocycles. The Morgan fingerprint density at radius 3 is 2.54 bits per heavy atom. The summed E-state index contributed by atoms with van der Waals surface area (Å²) in [6.07, 6.45) is 8.01. The number of likely N-dealkylation sites (N-methyl/N-ethyl adjacent to an activating group) is 2. The van der Waals surface area contributed by atoms with E-state index in [1.807, 2.05) is 32.1 Å². The molecule has 0 spiro atoms. The second kappa shape index (κ2) is 8.10. The van der Waals surface area contributed by atoms with E-state index in [-0.39, 0.29) is 5.91 Å². The van der Waals surface area contributed by atoms with Gasteiger partial charge in [-0.3, -0.25) is 9.69 Å². The van der Waals surface area contributed by atoms with Gasteiger partial charge in [0.25, 0.3) is 5.91 Å². The summed E-state index contributed by atoms with van der Waals surface area (Å²) >= 11 is 6.63. The van der Waals surface area contributed by atoms with E-state index >= 15 is 0 Å². The van der Waals surface area contributed by atoms with E-state index in [9.17, 15) is 4.79 Å². The lowest BCUT2D eigenvalue weighted by Gasteiger charge is -2.29. The number of carbonyl (C=O) groups excluding carboxylic acids is 1. The standard InChI is InChI=1S/C20H22N2O2S2/c1-4-21-15(9-12-18-19(23)22(5-2)20(25)26-18)8-7-14-13-16(24-6-3)10-11-17(14)21/h7-13H,4-6H2,1-3H3. The minimum Gasteiger partial charge on any atom is -0.494 e. The predicted octanol–water partition coefficient (Wildman–Crippen LogP) is 4.59. The van der Waals surface area contributed by atoms with Crippen molar-refractivity contribution in [2.45, 2.75) is 20.8 Å².